The molecule has 1 fully saturated rings. The van der Waals surface area contributed by atoms with Crippen LogP contribution in [-0.2, 0) is 4.79 Å². The molecule has 1 saturated heterocycles. The standard InChI is InChI=1S/C12H15N3O3/c1-8(16)14-9-4-6-15(7-9)11-10(12(17)18)3-2-5-13-11/h2-3,5,9H,4,6-7H2,1H3,(H,14,16)(H,17,18). The summed E-state index contributed by atoms with van der Waals surface area (Å²) in [6, 6.07) is 3.20. The normalized spacial score (nSPS) is 18.7. The lowest BCUT2D eigenvalue weighted by Gasteiger charge is -2.19. The summed E-state index contributed by atoms with van der Waals surface area (Å²) in [5, 5.41) is 11.9. The number of hydrogen-bond donors (Lipinski definition) is 2. The Kier molecular flexibility index (Phi) is 3.45. The van der Waals surface area contributed by atoms with Gasteiger partial charge in [-0.25, -0.2) is 9.78 Å². The third kappa shape index (κ3) is 2.58. The summed E-state index contributed by atoms with van der Waals surface area (Å²) in [4.78, 5) is 28.1. The molecule has 0 bridgehead atoms. The number of aromatic nitrogens is 1. The first-order chi connectivity index (χ1) is 8.58. The molecule has 1 aromatic rings. The molecular weight excluding hydrogens is 234 g/mol. The maximum atomic E-state index is 11.1. The molecule has 1 unspecified atom stereocenters. The number of pyridine rings is 1. The average molecular weight is 249 g/mol. The van der Waals surface area contributed by atoms with E-state index >= 15 is 0 Å². The van der Waals surface area contributed by atoms with E-state index in [1.54, 1.807) is 12.3 Å². The molecule has 0 aliphatic carbocycles. The summed E-state index contributed by atoms with van der Waals surface area (Å²) < 4.78 is 0. The molecule has 0 radical (unpaired) electrons. The van der Waals surface area contributed by atoms with Gasteiger partial charge in [0.1, 0.15) is 11.4 Å². The zero-order valence-corrected chi connectivity index (χ0v) is 10.1. The van der Waals surface area contributed by atoms with E-state index in [1.807, 2.05) is 4.90 Å². The van der Waals surface area contributed by atoms with Crippen LogP contribution in [0.25, 0.3) is 0 Å². The first kappa shape index (κ1) is 12.3. The van der Waals surface area contributed by atoms with Crippen molar-refractivity contribution in [3.8, 4) is 0 Å². The molecule has 6 heteroatoms. The highest BCUT2D eigenvalue weighted by Crippen LogP contribution is 2.22. The van der Waals surface area contributed by atoms with Crippen molar-refractivity contribution < 1.29 is 14.7 Å². The van der Waals surface area contributed by atoms with Crippen molar-refractivity contribution in [3.05, 3.63) is 23.9 Å². The molecule has 2 N–H and O–H groups in total. The number of anilines is 1. The monoisotopic (exact) mass is 249 g/mol. The number of amides is 1. The third-order valence-corrected chi connectivity index (χ3v) is 2.91. The van der Waals surface area contributed by atoms with E-state index in [4.69, 9.17) is 5.11 Å². The second kappa shape index (κ2) is 5.03. The molecular formula is C12H15N3O3. The number of aromatic carboxylic acids is 1. The number of hydrogen-bond acceptors (Lipinski definition) is 4. The fraction of sp³-hybridized carbons (Fsp3) is 0.417. The van der Waals surface area contributed by atoms with Crippen molar-refractivity contribution in [2.45, 2.75) is 19.4 Å². The average Bonchev–Trinajstić information content (AvgIpc) is 2.76. The quantitative estimate of drug-likeness (QED) is 0.815. The van der Waals surface area contributed by atoms with E-state index in [-0.39, 0.29) is 17.5 Å². The molecule has 18 heavy (non-hydrogen) atoms. The lowest BCUT2D eigenvalue weighted by molar-refractivity contribution is -0.119. The number of nitrogens with zero attached hydrogens (tertiary/aromatic N) is 2. The fourth-order valence-electron chi connectivity index (χ4n) is 2.17. The summed E-state index contributed by atoms with van der Waals surface area (Å²) in [5.41, 5.74) is 0.195. The van der Waals surface area contributed by atoms with Gasteiger partial charge in [0.2, 0.25) is 5.91 Å². The van der Waals surface area contributed by atoms with Crippen LogP contribution in [0, 0.1) is 0 Å². The van der Waals surface area contributed by atoms with Gasteiger partial charge in [0.25, 0.3) is 0 Å². The zero-order valence-electron chi connectivity index (χ0n) is 10.1. The van der Waals surface area contributed by atoms with E-state index in [1.165, 1.54) is 13.0 Å². The van der Waals surface area contributed by atoms with Crippen LogP contribution in [0.4, 0.5) is 5.82 Å². The minimum Gasteiger partial charge on any atom is -0.478 e. The van der Waals surface area contributed by atoms with E-state index in [2.05, 4.69) is 10.3 Å². The summed E-state index contributed by atoms with van der Waals surface area (Å²) >= 11 is 0. The van der Waals surface area contributed by atoms with E-state index in [9.17, 15) is 9.59 Å². The lowest BCUT2D eigenvalue weighted by Crippen LogP contribution is -2.36. The van der Waals surface area contributed by atoms with Crippen LogP contribution in [0.1, 0.15) is 23.7 Å². The Bertz CT molecular complexity index is 475. The van der Waals surface area contributed by atoms with Gasteiger partial charge in [-0.05, 0) is 18.6 Å². The third-order valence-electron chi connectivity index (χ3n) is 2.91. The van der Waals surface area contributed by atoms with E-state index < -0.39 is 5.97 Å². The van der Waals surface area contributed by atoms with Gasteiger partial charge in [-0.15, -0.1) is 0 Å². The van der Waals surface area contributed by atoms with Crippen LogP contribution in [0.3, 0.4) is 0 Å². The first-order valence-corrected chi connectivity index (χ1v) is 5.78. The second-order valence-corrected chi connectivity index (χ2v) is 4.31. The molecule has 0 saturated carbocycles. The fourth-order valence-corrected chi connectivity index (χ4v) is 2.17. The maximum absolute atomic E-state index is 11.1. The molecule has 2 heterocycles. The SMILES string of the molecule is CC(=O)NC1CCN(c2ncccc2C(=O)O)C1. The molecule has 0 aromatic carbocycles. The number of carboxylic acid groups (broad SMARTS) is 1. The first-order valence-electron chi connectivity index (χ1n) is 5.78. The largest absolute Gasteiger partial charge is 0.478 e. The zero-order chi connectivity index (χ0) is 13.1. The maximum Gasteiger partial charge on any atom is 0.339 e. The smallest absolute Gasteiger partial charge is 0.339 e. The molecule has 1 atom stereocenters. The Labute approximate surface area is 105 Å². The molecule has 1 amide bonds. The highest BCUT2D eigenvalue weighted by atomic mass is 16.4. The number of carbonyl (C=O) groups excluding carboxylic acids is 1. The molecule has 96 valence electrons. The van der Waals surface area contributed by atoms with Gasteiger partial charge in [-0.3, -0.25) is 4.79 Å². The molecule has 1 aliphatic heterocycles. The predicted octanol–water partition coefficient (Wildman–Crippen LogP) is 0.495. The van der Waals surface area contributed by atoms with Crippen LogP contribution in [0.5, 0.6) is 0 Å². The van der Waals surface area contributed by atoms with Crippen LogP contribution in [0.15, 0.2) is 18.3 Å². The van der Waals surface area contributed by atoms with Gasteiger partial charge in [-0.1, -0.05) is 0 Å². The Morgan fingerprint density at radius 1 is 1.56 bits per heavy atom. The van der Waals surface area contributed by atoms with Crippen LogP contribution < -0.4 is 10.2 Å². The summed E-state index contributed by atoms with van der Waals surface area (Å²) in [7, 11) is 0. The van der Waals surface area contributed by atoms with Crippen LogP contribution in [0.2, 0.25) is 0 Å². The highest BCUT2D eigenvalue weighted by Gasteiger charge is 2.26. The van der Waals surface area contributed by atoms with Gasteiger partial charge in [0, 0.05) is 32.3 Å². The summed E-state index contributed by atoms with van der Waals surface area (Å²) in [6.45, 7) is 2.77. The van der Waals surface area contributed by atoms with Crippen molar-refractivity contribution in [2.75, 3.05) is 18.0 Å². The van der Waals surface area contributed by atoms with Crippen LogP contribution >= 0.6 is 0 Å². The molecule has 6 nitrogen and oxygen atoms in total. The summed E-state index contributed by atoms with van der Waals surface area (Å²) in [5.74, 6) is -0.583. The minimum absolute atomic E-state index is 0.0613. The van der Waals surface area contributed by atoms with Gasteiger partial charge in [0.15, 0.2) is 0 Å². The topological polar surface area (TPSA) is 82.5 Å². The molecule has 1 aliphatic rings. The van der Waals surface area contributed by atoms with Crippen LogP contribution in [-0.4, -0.2) is 41.1 Å². The number of nitrogens with one attached hydrogen (secondary N) is 1. The van der Waals surface area contributed by atoms with Gasteiger partial charge in [0.05, 0.1) is 0 Å². The molecule has 0 spiro atoms. The number of rotatable bonds is 3. The van der Waals surface area contributed by atoms with Crippen molar-refractivity contribution in [2.24, 2.45) is 0 Å². The molecule has 1 aromatic heterocycles. The van der Waals surface area contributed by atoms with Crippen molar-refractivity contribution in [1.29, 1.82) is 0 Å². The lowest BCUT2D eigenvalue weighted by atomic mass is 10.2. The Hall–Kier alpha value is -2.11. The van der Waals surface area contributed by atoms with Gasteiger partial charge >= 0.3 is 5.97 Å². The number of carbonyl (C=O) groups is 2. The van der Waals surface area contributed by atoms with E-state index in [0.717, 1.165) is 6.42 Å². The Morgan fingerprint density at radius 2 is 2.33 bits per heavy atom. The van der Waals surface area contributed by atoms with Gasteiger partial charge < -0.3 is 15.3 Å². The van der Waals surface area contributed by atoms with Crippen molar-refractivity contribution in [1.82, 2.24) is 10.3 Å². The molecule has 2 rings (SSSR count). The number of carboxylic acids is 1. The Morgan fingerprint density at radius 3 is 3.00 bits per heavy atom. The predicted molar refractivity (Wildman–Crippen MR) is 65.6 cm³/mol. The second-order valence-electron chi connectivity index (χ2n) is 4.31. The van der Waals surface area contributed by atoms with Crippen molar-refractivity contribution >= 4 is 17.7 Å². The minimum atomic E-state index is -0.985. The Balaban J connectivity index is 2.14. The highest BCUT2D eigenvalue weighted by molar-refractivity contribution is 5.93. The van der Waals surface area contributed by atoms with Gasteiger partial charge in [-0.2, -0.15) is 0 Å². The van der Waals surface area contributed by atoms with E-state index in [0.29, 0.717) is 18.9 Å². The summed E-state index contributed by atoms with van der Waals surface area (Å²) in [6.07, 6.45) is 2.38. The van der Waals surface area contributed by atoms with Crippen molar-refractivity contribution in [3.63, 3.8) is 0 Å².